The molecule has 10 nitrogen and oxygen atoms in total. The highest BCUT2D eigenvalue weighted by Crippen LogP contribution is 2.36. The maximum Gasteiger partial charge on any atom is 0.417 e. The quantitative estimate of drug-likeness (QED) is 0.0675. The number of halogens is 4. The molecule has 2 aromatic heterocycles. The lowest BCUT2D eigenvalue weighted by molar-refractivity contribution is -0.137. The molecule has 0 aliphatic carbocycles. The molecule has 4 aromatic rings. The number of thiocarbonyl (C=S) groups is 1. The first-order valence-corrected chi connectivity index (χ1v) is 15.7. The molecule has 2 aromatic carbocycles. The number of nitrogens with zero attached hydrogens (tertiary/aromatic N) is 2. The van der Waals surface area contributed by atoms with E-state index in [0.29, 0.717) is 35.4 Å². The normalized spacial score (nSPS) is 10.9. The minimum absolute atomic E-state index is 0.0718. The summed E-state index contributed by atoms with van der Waals surface area (Å²) in [6.45, 7) is 1.88. The number of unbranched alkanes of at least 4 members (excludes halogenated alkanes) is 3. The molecule has 15 heteroatoms. The van der Waals surface area contributed by atoms with Crippen molar-refractivity contribution in [1.82, 2.24) is 25.9 Å². The number of carbonyl (C=O) groups is 2. The minimum atomic E-state index is -4.66. The summed E-state index contributed by atoms with van der Waals surface area (Å²) in [5.74, 6) is 0.489. The highest BCUT2D eigenvalue weighted by Gasteiger charge is 2.33. The van der Waals surface area contributed by atoms with E-state index in [9.17, 15) is 22.8 Å². The van der Waals surface area contributed by atoms with Gasteiger partial charge in [0.05, 0.1) is 10.6 Å². The smallest absolute Gasteiger partial charge is 0.417 e. The molecule has 5 N–H and O–H groups in total. The zero-order valence-electron chi connectivity index (χ0n) is 25.6. The molecule has 3 amide bonds. The van der Waals surface area contributed by atoms with E-state index in [1.54, 1.807) is 42.7 Å². The molecule has 0 unspecified atom stereocenters. The van der Waals surface area contributed by atoms with Crippen LogP contribution in [0.2, 0.25) is 5.02 Å². The Morgan fingerprint density at radius 1 is 0.812 bits per heavy atom. The van der Waals surface area contributed by atoms with Crippen LogP contribution in [-0.2, 0) is 12.7 Å². The molecular formula is C33H33ClF3N7O3S. The summed E-state index contributed by atoms with van der Waals surface area (Å²) < 4.78 is 45.1. The van der Waals surface area contributed by atoms with E-state index in [2.05, 4.69) is 36.6 Å². The summed E-state index contributed by atoms with van der Waals surface area (Å²) in [5, 5.41) is 14.2. The van der Waals surface area contributed by atoms with E-state index in [4.69, 9.17) is 28.6 Å². The molecule has 0 aliphatic rings. The molecule has 0 atom stereocenters. The van der Waals surface area contributed by atoms with Crippen molar-refractivity contribution in [3.63, 3.8) is 0 Å². The summed E-state index contributed by atoms with van der Waals surface area (Å²) in [4.78, 5) is 33.1. The molecular weight excluding hydrogens is 667 g/mol. The van der Waals surface area contributed by atoms with Crippen LogP contribution < -0.4 is 31.3 Å². The zero-order valence-corrected chi connectivity index (χ0v) is 27.1. The fraction of sp³-hybridized carbons (Fsp3) is 0.242. The van der Waals surface area contributed by atoms with Crippen molar-refractivity contribution in [1.29, 1.82) is 0 Å². The second-order valence-corrected chi connectivity index (χ2v) is 11.2. The van der Waals surface area contributed by atoms with Crippen LogP contribution >= 0.6 is 23.8 Å². The van der Waals surface area contributed by atoms with E-state index in [0.717, 1.165) is 49.9 Å². The van der Waals surface area contributed by atoms with Crippen LogP contribution in [-0.4, -0.2) is 40.1 Å². The summed E-state index contributed by atoms with van der Waals surface area (Å²) in [6.07, 6.45) is 4.02. The van der Waals surface area contributed by atoms with Crippen molar-refractivity contribution in [3.8, 4) is 11.5 Å². The molecule has 48 heavy (non-hydrogen) atoms. The van der Waals surface area contributed by atoms with Gasteiger partial charge in [0.2, 0.25) is 0 Å². The third-order valence-electron chi connectivity index (χ3n) is 6.69. The second kappa shape index (κ2) is 17.8. The van der Waals surface area contributed by atoms with E-state index >= 15 is 0 Å². The molecule has 0 radical (unpaired) electrons. The van der Waals surface area contributed by atoms with Gasteiger partial charge in [-0.15, -0.1) is 0 Å². The molecule has 4 rings (SSSR count). The van der Waals surface area contributed by atoms with E-state index in [1.165, 1.54) is 18.3 Å². The van der Waals surface area contributed by atoms with Crippen LogP contribution in [0.5, 0.6) is 11.5 Å². The van der Waals surface area contributed by atoms with Crippen LogP contribution in [0.4, 0.5) is 29.3 Å². The van der Waals surface area contributed by atoms with E-state index in [-0.39, 0.29) is 17.3 Å². The number of hydrogen-bond acceptors (Lipinski definition) is 6. The Kier molecular flexibility index (Phi) is 13.3. The van der Waals surface area contributed by atoms with Crippen molar-refractivity contribution in [3.05, 3.63) is 107 Å². The fourth-order valence-electron chi connectivity index (χ4n) is 4.30. The Labute approximate surface area is 285 Å². The van der Waals surface area contributed by atoms with Gasteiger partial charge in [-0.25, -0.2) is 4.79 Å². The van der Waals surface area contributed by atoms with Gasteiger partial charge in [0.15, 0.2) is 5.11 Å². The van der Waals surface area contributed by atoms with Crippen molar-refractivity contribution in [2.75, 3.05) is 23.7 Å². The molecule has 2 heterocycles. The number of amides is 3. The minimum Gasteiger partial charge on any atom is -0.457 e. The predicted octanol–water partition coefficient (Wildman–Crippen LogP) is 7.54. The standard InChI is InChI=1S/C33H33ClF3N7O3S/c34-28-12-9-24(18-27(28)33(35,36)37)44-31(46)43-23-7-10-25(11-8-23)47-26-13-17-39-29(19-26)30(45)40-15-3-1-2-4-16-41-32(48)42-21-22-6-5-14-38-20-22/h5-14,17-20H,1-4,15-16,21H2,(H,40,45)(H2,41,42,48)(H2,43,44,46). The van der Waals surface area contributed by atoms with Crippen molar-refractivity contribution in [2.24, 2.45) is 0 Å². The molecule has 0 aliphatic heterocycles. The first-order valence-electron chi connectivity index (χ1n) is 14.9. The van der Waals surface area contributed by atoms with Crippen LogP contribution in [0.3, 0.4) is 0 Å². The summed E-state index contributed by atoms with van der Waals surface area (Å²) >= 11 is 10.9. The highest BCUT2D eigenvalue weighted by atomic mass is 35.5. The number of pyridine rings is 2. The lowest BCUT2D eigenvalue weighted by atomic mass is 10.2. The van der Waals surface area contributed by atoms with Gasteiger partial charge in [0, 0.05) is 55.7 Å². The van der Waals surface area contributed by atoms with Gasteiger partial charge < -0.3 is 31.3 Å². The van der Waals surface area contributed by atoms with Crippen LogP contribution in [0.25, 0.3) is 0 Å². The molecule has 0 fully saturated rings. The van der Waals surface area contributed by atoms with Gasteiger partial charge in [-0.1, -0.05) is 30.5 Å². The third kappa shape index (κ3) is 12.0. The maximum atomic E-state index is 13.1. The monoisotopic (exact) mass is 699 g/mol. The number of carbonyl (C=O) groups excluding carboxylic acids is 2. The van der Waals surface area contributed by atoms with Gasteiger partial charge in [-0.3, -0.25) is 14.8 Å². The Balaban J connectivity index is 1.13. The Morgan fingerprint density at radius 2 is 1.52 bits per heavy atom. The van der Waals surface area contributed by atoms with Crippen molar-refractivity contribution >= 4 is 52.2 Å². The SMILES string of the molecule is O=C(Nc1ccc(Oc2ccnc(C(=O)NCCCCCCNC(=S)NCc3cccnc3)c2)cc1)Nc1ccc(Cl)c(C(F)(F)F)c1. The first-order chi connectivity index (χ1) is 23.1. The number of ether oxygens (including phenoxy) is 1. The number of rotatable bonds is 14. The number of urea groups is 1. The Bertz CT molecular complexity index is 1680. The van der Waals surface area contributed by atoms with Gasteiger partial charge in [-0.2, -0.15) is 13.2 Å². The molecule has 0 bridgehead atoms. The van der Waals surface area contributed by atoms with E-state index in [1.807, 2.05) is 12.1 Å². The first kappa shape index (κ1) is 35.9. The summed E-state index contributed by atoms with van der Waals surface area (Å²) in [5.41, 5.74) is 0.502. The lowest BCUT2D eigenvalue weighted by Gasteiger charge is -2.12. The van der Waals surface area contributed by atoms with Gasteiger partial charge in [0.25, 0.3) is 5.91 Å². The molecule has 252 valence electrons. The number of nitrogens with one attached hydrogen (secondary N) is 5. The predicted molar refractivity (Wildman–Crippen MR) is 182 cm³/mol. The lowest BCUT2D eigenvalue weighted by Crippen LogP contribution is -2.35. The molecule has 0 saturated heterocycles. The topological polar surface area (TPSA) is 129 Å². The summed E-state index contributed by atoms with van der Waals surface area (Å²) in [6, 6.07) is 15.6. The number of alkyl halides is 3. The Morgan fingerprint density at radius 3 is 2.23 bits per heavy atom. The molecule has 0 spiro atoms. The zero-order chi connectivity index (χ0) is 34.4. The molecule has 0 saturated carbocycles. The Hall–Kier alpha value is -4.95. The van der Waals surface area contributed by atoms with Crippen molar-refractivity contribution < 1.29 is 27.5 Å². The van der Waals surface area contributed by atoms with Crippen molar-refractivity contribution in [2.45, 2.75) is 38.4 Å². The summed E-state index contributed by atoms with van der Waals surface area (Å²) in [7, 11) is 0. The number of benzene rings is 2. The fourth-order valence-corrected chi connectivity index (χ4v) is 4.70. The van der Waals surface area contributed by atoms with E-state index < -0.39 is 22.8 Å². The number of anilines is 2. The average molecular weight is 700 g/mol. The van der Waals surface area contributed by atoms with Crippen LogP contribution in [0.1, 0.15) is 47.3 Å². The number of hydrogen-bond donors (Lipinski definition) is 5. The number of aromatic nitrogens is 2. The van der Waals surface area contributed by atoms with Crippen LogP contribution in [0.15, 0.2) is 85.3 Å². The van der Waals surface area contributed by atoms with Crippen LogP contribution in [0, 0.1) is 0 Å². The highest BCUT2D eigenvalue weighted by molar-refractivity contribution is 7.80. The third-order valence-corrected chi connectivity index (χ3v) is 7.31. The van der Waals surface area contributed by atoms with Gasteiger partial charge in [0.1, 0.15) is 17.2 Å². The largest absolute Gasteiger partial charge is 0.457 e. The van der Waals surface area contributed by atoms with Gasteiger partial charge in [-0.05, 0) is 85.2 Å². The average Bonchev–Trinajstić information content (AvgIpc) is 3.06. The maximum absolute atomic E-state index is 13.1. The van der Waals surface area contributed by atoms with Gasteiger partial charge >= 0.3 is 12.2 Å². The second-order valence-electron chi connectivity index (χ2n) is 10.4.